The molecule has 0 spiro atoms. The molecule has 0 fully saturated rings. The van der Waals surface area contributed by atoms with E-state index in [-0.39, 0.29) is 0 Å². The van der Waals surface area contributed by atoms with Crippen molar-refractivity contribution in [1.82, 2.24) is 0 Å². The minimum Gasteiger partial charge on any atom is -0.374 e. The average Bonchev–Trinajstić information content (AvgIpc) is 1.89. The van der Waals surface area contributed by atoms with Crippen molar-refractivity contribution in [1.29, 1.82) is 0 Å². The van der Waals surface area contributed by atoms with Gasteiger partial charge in [0.2, 0.25) is 0 Å². The first-order chi connectivity index (χ1) is 4.34. The zero-order valence-corrected chi connectivity index (χ0v) is 6.13. The summed E-state index contributed by atoms with van der Waals surface area (Å²) >= 11 is 0. The molecule has 0 bridgehead atoms. The Bertz CT molecular complexity index is 107. The lowest BCUT2D eigenvalue weighted by molar-refractivity contribution is 0.0360. The molecule has 1 heterocycles. The predicted octanol–water partition coefficient (Wildman–Crippen LogP) is 1.99. The van der Waals surface area contributed by atoms with Crippen LogP contribution in [0.5, 0.6) is 0 Å². The van der Waals surface area contributed by atoms with Crippen LogP contribution < -0.4 is 0 Å². The Balaban J connectivity index is 2.44. The Morgan fingerprint density at radius 1 is 1.67 bits per heavy atom. The number of rotatable bonds is 1. The molecule has 0 aromatic heterocycles. The van der Waals surface area contributed by atoms with Gasteiger partial charge in [0.25, 0.3) is 0 Å². The van der Waals surface area contributed by atoms with Crippen LogP contribution in [0.2, 0.25) is 0 Å². The highest BCUT2D eigenvalue weighted by Crippen LogP contribution is 2.16. The fourth-order valence-electron chi connectivity index (χ4n) is 1.21. The van der Waals surface area contributed by atoms with E-state index >= 15 is 0 Å². The predicted molar refractivity (Wildman–Crippen MR) is 38.3 cm³/mol. The van der Waals surface area contributed by atoms with E-state index in [1.807, 2.05) is 0 Å². The smallest absolute Gasteiger partial charge is 0.0651 e. The Morgan fingerprint density at radius 3 is 2.89 bits per heavy atom. The lowest BCUT2D eigenvalue weighted by Crippen LogP contribution is -2.22. The maximum absolute atomic E-state index is 5.45. The molecular formula is C8H14O. The minimum atomic E-state index is 0.468. The fourth-order valence-corrected chi connectivity index (χ4v) is 1.21. The average molecular weight is 126 g/mol. The third-order valence-electron chi connectivity index (χ3n) is 1.83. The van der Waals surface area contributed by atoms with Crippen molar-refractivity contribution >= 4 is 0 Å². The Labute approximate surface area is 56.7 Å². The van der Waals surface area contributed by atoms with E-state index in [1.165, 1.54) is 0 Å². The van der Waals surface area contributed by atoms with E-state index in [9.17, 15) is 0 Å². The minimum absolute atomic E-state index is 0.468. The molecule has 1 nitrogen and oxygen atoms in total. The summed E-state index contributed by atoms with van der Waals surface area (Å²) in [7, 11) is 0. The molecule has 0 amide bonds. The second-order valence-electron chi connectivity index (χ2n) is 2.57. The molecule has 0 aromatic carbocycles. The molecule has 0 N–H and O–H groups in total. The van der Waals surface area contributed by atoms with Gasteiger partial charge in [-0.1, -0.05) is 26.0 Å². The molecule has 1 heteroatoms. The van der Waals surface area contributed by atoms with Crippen LogP contribution >= 0.6 is 0 Å². The van der Waals surface area contributed by atoms with Crippen LogP contribution in [0.15, 0.2) is 12.2 Å². The molecule has 0 aromatic rings. The van der Waals surface area contributed by atoms with Gasteiger partial charge in [0.15, 0.2) is 0 Å². The summed E-state index contributed by atoms with van der Waals surface area (Å²) in [5, 5.41) is 0. The second kappa shape index (κ2) is 3.02. The van der Waals surface area contributed by atoms with Gasteiger partial charge in [-0.05, 0) is 6.42 Å². The first-order valence-corrected chi connectivity index (χ1v) is 3.63. The summed E-state index contributed by atoms with van der Waals surface area (Å²) in [5.41, 5.74) is 0. The Kier molecular flexibility index (Phi) is 2.29. The summed E-state index contributed by atoms with van der Waals surface area (Å²) in [6.45, 7) is 5.17. The standard InChI is InChI=1S/C8H14O/c1-3-8-7(2)5-4-6-9-8/h4-5,7-8H,3,6H2,1-2H3/t7-,8-/m0/s1. The van der Waals surface area contributed by atoms with Gasteiger partial charge in [0.1, 0.15) is 0 Å². The van der Waals surface area contributed by atoms with Crippen molar-refractivity contribution in [2.75, 3.05) is 6.61 Å². The lowest BCUT2D eigenvalue weighted by atomic mass is 10.0. The number of ether oxygens (including phenoxy) is 1. The molecule has 0 saturated heterocycles. The summed E-state index contributed by atoms with van der Waals surface area (Å²) in [4.78, 5) is 0. The SMILES string of the molecule is CC[C@@H]1OCC=C[C@@H]1C. The monoisotopic (exact) mass is 126 g/mol. The molecule has 1 aliphatic rings. The molecule has 0 aliphatic carbocycles. The topological polar surface area (TPSA) is 9.23 Å². The summed E-state index contributed by atoms with van der Waals surface area (Å²) in [6.07, 6.45) is 5.93. The van der Waals surface area contributed by atoms with Crippen molar-refractivity contribution in [3.8, 4) is 0 Å². The van der Waals surface area contributed by atoms with E-state index < -0.39 is 0 Å². The summed E-state index contributed by atoms with van der Waals surface area (Å²) in [6, 6.07) is 0. The van der Waals surface area contributed by atoms with Crippen LogP contribution in [0.3, 0.4) is 0 Å². The molecule has 0 radical (unpaired) electrons. The van der Waals surface area contributed by atoms with Gasteiger partial charge in [-0.15, -0.1) is 0 Å². The molecular weight excluding hydrogens is 112 g/mol. The van der Waals surface area contributed by atoms with Crippen LogP contribution in [-0.4, -0.2) is 12.7 Å². The van der Waals surface area contributed by atoms with Gasteiger partial charge in [0, 0.05) is 5.92 Å². The second-order valence-corrected chi connectivity index (χ2v) is 2.57. The third kappa shape index (κ3) is 1.55. The molecule has 2 atom stereocenters. The van der Waals surface area contributed by atoms with Crippen molar-refractivity contribution in [3.63, 3.8) is 0 Å². The van der Waals surface area contributed by atoms with Gasteiger partial charge in [-0.3, -0.25) is 0 Å². The van der Waals surface area contributed by atoms with Gasteiger partial charge in [0.05, 0.1) is 12.7 Å². The normalized spacial score (nSPS) is 34.9. The zero-order valence-electron chi connectivity index (χ0n) is 6.13. The van der Waals surface area contributed by atoms with Crippen LogP contribution in [0.25, 0.3) is 0 Å². The van der Waals surface area contributed by atoms with Crippen molar-refractivity contribution in [2.24, 2.45) is 5.92 Å². The number of hydrogen-bond donors (Lipinski definition) is 0. The lowest BCUT2D eigenvalue weighted by Gasteiger charge is -2.23. The third-order valence-corrected chi connectivity index (χ3v) is 1.83. The first kappa shape index (κ1) is 6.81. The molecule has 1 rings (SSSR count). The molecule has 0 saturated carbocycles. The maximum atomic E-state index is 5.45. The largest absolute Gasteiger partial charge is 0.374 e. The van der Waals surface area contributed by atoms with E-state index in [0.717, 1.165) is 13.0 Å². The highest BCUT2D eigenvalue weighted by Gasteiger charge is 2.14. The van der Waals surface area contributed by atoms with E-state index in [1.54, 1.807) is 0 Å². The Hall–Kier alpha value is -0.300. The van der Waals surface area contributed by atoms with E-state index in [4.69, 9.17) is 4.74 Å². The van der Waals surface area contributed by atoms with Crippen molar-refractivity contribution in [2.45, 2.75) is 26.4 Å². The van der Waals surface area contributed by atoms with Gasteiger partial charge < -0.3 is 4.74 Å². The highest BCUT2D eigenvalue weighted by molar-refractivity contribution is 4.93. The molecule has 0 unspecified atom stereocenters. The first-order valence-electron chi connectivity index (χ1n) is 3.63. The number of hydrogen-bond acceptors (Lipinski definition) is 1. The maximum Gasteiger partial charge on any atom is 0.0651 e. The van der Waals surface area contributed by atoms with Crippen LogP contribution in [0.4, 0.5) is 0 Å². The molecule has 1 aliphatic heterocycles. The van der Waals surface area contributed by atoms with E-state index in [2.05, 4.69) is 26.0 Å². The summed E-state index contributed by atoms with van der Waals surface area (Å²) in [5.74, 6) is 0.615. The Morgan fingerprint density at radius 2 is 2.44 bits per heavy atom. The fraction of sp³-hybridized carbons (Fsp3) is 0.750. The van der Waals surface area contributed by atoms with Gasteiger partial charge >= 0.3 is 0 Å². The van der Waals surface area contributed by atoms with E-state index in [0.29, 0.717) is 12.0 Å². The van der Waals surface area contributed by atoms with Gasteiger partial charge in [-0.2, -0.15) is 0 Å². The van der Waals surface area contributed by atoms with Crippen molar-refractivity contribution < 1.29 is 4.74 Å². The molecule has 52 valence electrons. The summed E-state index contributed by atoms with van der Waals surface area (Å²) < 4.78 is 5.45. The quantitative estimate of drug-likeness (QED) is 0.488. The van der Waals surface area contributed by atoms with Crippen LogP contribution in [0.1, 0.15) is 20.3 Å². The van der Waals surface area contributed by atoms with Crippen LogP contribution in [-0.2, 0) is 4.74 Å². The zero-order chi connectivity index (χ0) is 6.69. The van der Waals surface area contributed by atoms with Gasteiger partial charge in [-0.25, -0.2) is 0 Å². The molecule has 9 heavy (non-hydrogen) atoms. The van der Waals surface area contributed by atoms with Crippen LogP contribution in [0, 0.1) is 5.92 Å². The van der Waals surface area contributed by atoms with Crippen molar-refractivity contribution in [3.05, 3.63) is 12.2 Å². The highest BCUT2D eigenvalue weighted by atomic mass is 16.5.